The molecular formula is C14H17F2NO. The Kier molecular flexibility index (Phi) is 4.44. The highest BCUT2D eigenvalue weighted by molar-refractivity contribution is 5.52. The molecule has 1 saturated heterocycles. The minimum atomic E-state index is -0.813. The molecule has 4 heteroatoms. The van der Waals surface area contributed by atoms with Gasteiger partial charge < -0.3 is 10.1 Å². The van der Waals surface area contributed by atoms with E-state index in [1.807, 2.05) is 13.0 Å². The first-order valence-electron chi connectivity index (χ1n) is 6.08. The van der Waals surface area contributed by atoms with Crippen molar-refractivity contribution < 1.29 is 13.5 Å². The lowest BCUT2D eigenvalue weighted by Crippen LogP contribution is -2.41. The molecule has 0 saturated carbocycles. The summed E-state index contributed by atoms with van der Waals surface area (Å²) in [5.41, 5.74) is 1.80. The zero-order valence-corrected chi connectivity index (χ0v) is 10.4. The van der Waals surface area contributed by atoms with Crippen molar-refractivity contribution in [1.82, 2.24) is 5.32 Å². The molecule has 0 bridgehead atoms. The topological polar surface area (TPSA) is 21.3 Å². The summed E-state index contributed by atoms with van der Waals surface area (Å²) in [5, 5.41) is 3.36. The molecule has 1 aromatic carbocycles. The molecule has 18 heavy (non-hydrogen) atoms. The Morgan fingerprint density at radius 1 is 1.44 bits per heavy atom. The number of nitrogens with one attached hydrogen (secondary N) is 1. The van der Waals surface area contributed by atoms with Gasteiger partial charge in [0.25, 0.3) is 0 Å². The second kappa shape index (κ2) is 6.07. The standard InChI is InChI=1S/C14H17F2NO/c1-10(7-12-9-18-5-4-17-12)6-11-2-3-13(15)14(16)8-11/h2-3,6,8,12,17H,4-5,7,9H2,1H3/b10-6-. The van der Waals surface area contributed by atoms with Crippen molar-refractivity contribution in [2.24, 2.45) is 0 Å². The predicted octanol–water partition coefficient (Wildman–Crippen LogP) is 2.75. The number of ether oxygens (including phenoxy) is 1. The smallest absolute Gasteiger partial charge is 0.159 e. The van der Waals surface area contributed by atoms with Crippen LogP contribution in [0.25, 0.3) is 6.08 Å². The second-order valence-electron chi connectivity index (χ2n) is 4.59. The number of morpholine rings is 1. The van der Waals surface area contributed by atoms with Crippen LogP contribution in [0.2, 0.25) is 0 Å². The van der Waals surface area contributed by atoms with E-state index in [1.165, 1.54) is 6.07 Å². The summed E-state index contributed by atoms with van der Waals surface area (Å²) in [6.07, 6.45) is 2.72. The average Bonchev–Trinajstić information content (AvgIpc) is 2.35. The Labute approximate surface area is 106 Å². The van der Waals surface area contributed by atoms with Crippen LogP contribution in [0.5, 0.6) is 0 Å². The van der Waals surface area contributed by atoms with E-state index in [0.717, 1.165) is 31.2 Å². The molecule has 2 nitrogen and oxygen atoms in total. The van der Waals surface area contributed by atoms with Gasteiger partial charge in [0, 0.05) is 12.6 Å². The first-order chi connectivity index (χ1) is 8.65. The maximum absolute atomic E-state index is 13.1. The third kappa shape index (κ3) is 3.62. The highest BCUT2D eigenvalue weighted by atomic mass is 19.2. The van der Waals surface area contributed by atoms with Gasteiger partial charge in [0.05, 0.1) is 13.2 Å². The van der Waals surface area contributed by atoms with Crippen LogP contribution in [0.3, 0.4) is 0 Å². The van der Waals surface area contributed by atoms with Gasteiger partial charge in [-0.3, -0.25) is 0 Å². The van der Waals surface area contributed by atoms with Gasteiger partial charge in [-0.2, -0.15) is 0 Å². The molecule has 98 valence electrons. The monoisotopic (exact) mass is 253 g/mol. The number of rotatable bonds is 3. The summed E-state index contributed by atoms with van der Waals surface area (Å²) in [4.78, 5) is 0. The zero-order valence-electron chi connectivity index (χ0n) is 10.4. The van der Waals surface area contributed by atoms with E-state index < -0.39 is 11.6 Å². The molecule has 1 fully saturated rings. The SMILES string of the molecule is C/C(=C/c1ccc(F)c(F)c1)CC1COCCN1. The Bertz CT molecular complexity index is 439. The van der Waals surface area contributed by atoms with Crippen molar-refractivity contribution in [2.75, 3.05) is 19.8 Å². The van der Waals surface area contributed by atoms with Crippen LogP contribution in [0.4, 0.5) is 8.78 Å². The molecular weight excluding hydrogens is 236 g/mol. The van der Waals surface area contributed by atoms with E-state index in [9.17, 15) is 8.78 Å². The maximum Gasteiger partial charge on any atom is 0.159 e. The van der Waals surface area contributed by atoms with Crippen LogP contribution in [0.15, 0.2) is 23.8 Å². The largest absolute Gasteiger partial charge is 0.379 e. The maximum atomic E-state index is 13.1. The minimum Gasteiger partial charge on any atom is -0.379 e. The van der Waals surface area contributed by atoms with Crippen LogP contribution < -0.4 is 5.32 Å². The van der Waals surface area contributed by atoms with Gasteiger partial charge in [0.1, 0.15) is 0 Å². The molecule has 1 atom stereocenters. The molecule has 2 rings (SSSR count). The second-order valence-corrected chi connectivity index (χ2v) is 4.59. The molecule has 0 spiro atoms. The fourth-order valence-corrected chi connectivity index (χ4v) is 2.09. The van der Waals surface area contributed by atoms with E-state index in [1.54, 1.807) is 6.07 Å². The van der Waals surface area contributed by atoms with Crippen LogP contribution in [0, 0.1) is 11.6 Å². The van der Waals surface area contributed by atoms with Crippen molar-refractivity contribution in [3.05, 3.63) is 41.0 Å². The van der Waals surface area contributed by atoms with Gasteiger partial charge in [-0.05, 0) is 31.0 Å². The van der Waals surface area contributed by atoms with E-state index in [2.05, 4.69) is 5.32 Å². The minimum absolute atomic E-state index is 0.306. The molecule has 0 aromatic heterocycles. The van der Waals surface area contributed by atoms with Crippen molar-refractivity contribution in [3.63, 3.8) is 0 Å². The highest BCUT2D eigenvalue weighted by Gasteiger charge is 2.13. The summed E-state index contributed by atoms with van der Waals surface area (Å²) in [6.45, 7) is 4.30. The van der Waals surface area contributed by atoms with Crippen molar-refractivity contribution in [2.45, 2.75) is 19.4 Å². The number of hydrogen-bond acceptors (Lipinski definition) is 2. The Balaban J connectivity index is 2.00. The quantitative estimate of drug-likeness (QED) is 0.894. The fraction of sp³-hybridized carbons (Fsp3) is 0.429. The summed E-state index contributed by atoms with van der Waals surface area (Å²) >= 11 is 0. The van der Waals surface area contributed by atoms with Gasteiger partial charge >= 0.3 is 0 Å². The average molecular weight is 253 g/mol. The molecule has 1 aliphatic rings. The van der Waals surface area contributed by atoms with Crippen LogP contribution in [-0.2, 0) is 4.74 Å². The number of halogens is 2. The Morgan fingerprint density at radius 2 is 2.28 bits per heavy atom. The zero-order chi connectivity index (χ0) is 13.0. The number of hydrogen-bond donors (Lipinski definition) is 1. The molecule has 1 heterocycles. The van der Waals surface area contributed by atoms with E-state index in [-0.39, 0.29) is 0 Å². The van der Waals surface area contributed by atoms with Crippen LogP contribution >= 0.6 is 0 Å². The van der Waals surface area contributed by atoms with Crippen molar-refractivity contribution >= 4 is 6.08 Å². The Hall–Kier alpha value is -1.26. The van der Waals surface area contributed by atoms with Crippen LogP contribution in [0.1, 0.15) is 18.9 Å². The fourth-order valence-electron chi connectivity index (χ4n) is 2.09. The summed E-state index contributed by atoms with van der Waals surface area (Å²) in [7, 11) is 0. The van der Waals surface area contributed by atoms with E-state index >= 15 is 0 Å². The molecule has 0 radical (unpaired) electrons. The predicted molar refractivity (Wildman–Crippen MR) is 67.2 cm³/mol. The molecule has 1 unspecified atom stereocenters. The van der Waals surface area contributed by atoms with E-state index in [4.69, 9.17) is 4.74 Å². The van der Waals surface area contributed by atoms with Crippen molar-refractivity contribution in [3.8, 4) is 0 Å². The van der Waals surface area contributed by atoms with Crippen molar-refractivity contribution in [1.29, 1.82) is 0 Å². The van der Waals surface area contributed by atoms with Gasteiger partial charge in [-0.15, -0.1) is 0 Å². The number of benzene rings is 1. The molecule has 0 aliphatic carbocycles. The van der Waals surface area contributed by atoms with Gasteiger partial charge in [-0.25, -0.2) is 8.78 Å². The third-order valence-electron chi connectivity index (χ3n) is 2.92. The molecule has 1 aliphatic heterocycles. The molecule has 1 aromatic rings. The third-order valence-corrected chi connectivity index (χ3v) is 2.92. The lowest BCUT2D eigenvalue weighted by atomic mass is 10.0. The van der Waals surface area contributed by atoms with Gasteiger partial charge in [-0.1, -0.05) is 17.7 Å². The summed E-state index contributed by atoms with van der Waals surface area (Å²) in [6, 6.07) is 4.24. The van der Waals surface area contributed by atoms with E-state index in [0.29, 0.717) is 18.2 Å². The normalized spacial score (nSPS) is 21.1. The molecule has 0 amide bonds. The molecule has 1 N–H and O–H groups in total. The lowest BCUT2D eigenvalue weighted by molar-refractivity contribution is 0.0771. The Morgan fingerprint density at radius 3 is 2.94 bits per heavy atom. The van der Waals surface area contributed by atoms with Crippen LogP contribution in [-0.4, -0.2) is 25.8 Å². The highest BCUT2D eigenvalue weighted by Crippen LogP contribution is 2.15. The lowest BCUT2D eigenvalue weighted by Gasteiger charge is -2.24. The first-order valence-corrected chi connectivity index (χ1v) is 6.08. The van der Waals surface area contributed by atoms with Gasteiger partial charge in [0.15, 0.2) is 11.6 Å². The van der Waals surface area contributed by atoms with Gasteiger partial charge in [0.2, 0.25) is 0 Å². The first kappa shape index (κ1) is 13.2. The summed E-state index contributed by atoms with van der Waals surface area (Å²) < 4.78 is 31.2. The summed E-state index contributed by atoms with van der Waals surface area (Å²) in [5.74, 6) is -1.62.